The van der Waals surface area contributed by atoms with Crippen molar-refractivity contribution in [3.8, 4) is 5.75 Å². The zero-order valence-electron chi connectivity index (χ0n) is 5.85. The van der Waals surface area contributed by atoms with Crippen LogP contribution in [0.3, 0.4) is 0 Å². The monoisotopic (exact) mass is 168 g/mol. The number of ether oxygens (including phenoxy) is 1. The van der Waals surface area contributed by atoms with Crippen LogP contribution in [0.25, 0.3) is 10.8 Å². The van der Waals surface area contributed by atoms with Crippen LogP contribution in [-0.4, -0.2) is 7.11 Å². The summed E-state index contributed by atoms with van der Waals surface area (Å²) in [5.74, 6) is 0.566. The van der Waals surface area contributed by atoms with Gasteiger partial charge in [0.2, 0.25) is 0 Å². The summed E-state index contributed by atoms with van der Waals surface area (Å²) in [7, 11) is 1.53. The van der Waals surface area contributed by atoms with Crippen molar-refractivity contribution in [3.05, 3.63) is 27.4 Å². The lowest BCUT2D eigenvalue weighted by atomic mass is 10.3. The standard InChI is InChI=1S/C8H5ClO2/c1-11-5-3-2-4-6(7(5)9)8(4)10/h2-3H,1H3. The van der Waals surface area contributed by atoms with Gasteiger partial charge in [0.05, 0.1) is 17.5 Å². The van der Waals surface area contributed by atoms with Crippen LogP contribution < -0.4 is 10.2 Å². The average molecular weight is 169 g/mol. The summed E-state index contributed by atoms with van der Waals surface area (Å²) in [6, 6.07) is 3.43. The Morgan fingerprint density at radius 3 is 2.82 bits per heavy atom. The zero-order valence-corrected chi connectivity index (χ0v) is 6.61. The summed E-state index contributed by atoms with van der Waals surface area (Å²) >= 11 is 5.79. The fourth-order valence-corrected chi connectivity index (χ4v) is 1.40. The number of hydrogen-bond acceptors (Lipinski definition) is 2. The quantitative estimate of drug-likeness (QED) is 0.649. The second kappa shape index (κ2) is 1.98. The Morgan fingerprint density at radius 1 is 1.45 bits per heavy atom. The minimum Gasteiger partial charge on any atom is -0.495 e. The molecule has 0 saturated heterocycles. The highest BCUT2D eigenvalue weighted by Crippen LogP contribution is 2.33. The van der Waals surface area contributed by atoms with Gasteiger partial charge in [0.25, 0.3) is 0 Å². The zero-order chi connectivity index (χ0) is 8.01. The second-order valence-electron chi connectivity index (χ2n) is 2.33. The summed E-state index contributed by atoms with van der Waals surface area (Å²) < 4.78 is 4.92. The molecule has 2 aromatic rings. The second-order valence-corrected chi connectivity index (χ2v) is 2.71. The Morgan fingerprint density at radius 2 is 2.18 bits per heavy atom. The molecular weight excluding hydrogens is 164 g/mol. The van der Waals surface area contributed by atoms with E-state index in [4.69, 9.17) is 16.3 Å². The van der Waals surface area contributed by atoms with Crippen LogP contribution in [0.1, 0.15) is 0 Å². The normalized spacial score (nSPS) is 11.1. The summed E-state index contributed by atoms with van der Waals surface area (Å²) in [5.41, 5.74) is 0.0401. The van der Waals surface area contributed by atoms with Crippen molar-refractivity contribution in [2.45, 2.75) is 0 Å². The van der Waals surface area contributed by atoms with Crippen molar-refractivity contribution in [1.29, 1.82) is 0 Å². The van der Waals surface area contributed by atoms with Crippen LogP contribution in [0.2, 0.25) is 5.02 Å². The lowest BCUT2D eigenvalue weighted by Crippen LogP contribution is -1.81. The van der Waals surface area contributed by atoms with E-state index in [9.17, 15) is 4.79 Å². The highest BCUT2D eigenvalue weighted by atomic mass is 35.5. The van der Waals surface area contributed by atoms with Gasteiger partial charge in [0.1, 0.15) is 5.75 Å². The van der Waals surface area contributed by atoms with Gasteiger partial charge >= 0.3 is 0 Å². The molecule has 0 saturated carbocycles. The summed E-state index contributed by atoms with van der Waals surface area (Å²) in [5, 5.41) is 1.77. The molecule has 0 radical (unpaired) electrons. The number of methoxy groups -OCH3 is 1. The molecule has 0 spiro atoms. The molecule has 0 heterocycles. The van der Waals surface area contributed by atoms with Crippen LogP contribution in [0.5, 0.6) is 5.75 Å². The predicted molar refractivity (Wildman–Crippen MR) is 44.2 cm³/mol. The fraction of sp³-hybridized carbons (Fsp3) is 0.125. The van der Waals surface area contributed by atoms with Crippen molar-refractivity contribution >= 4 is 22.4 Å². The van der Waals surface area contributed by atoms with Crippen LogP contribution >= 0.6 is 11.6 Å². The van der Waals surface area contributed by atoms with E-state index in [2.05, 4.69) is 0 Å². The first-order valence-electron chi connectivity index (χ1n) is 3.17. The van der Waals surface area contributed by atoms with Crippen LogP contribution in [-0.2, 0) is 0 Å². The molecule has 2 aromatic carbocycles. The molecule has 0 aromatic heterocycles. The summed E-state index contributed by atoms with van der Waals surface area (Å²) in [6.45, 7) is 0. The maximum atomic E-state index is 10.9. The lowest BCUT2D eigenvalue weighted by molar-refractivity contribution is 0.416. The van der Waals surface area contributed by atoms with E-state index < -0.39 is 0 Å². The van der Waals surface area contributed by atoms with E-state index in [0.717, 1.165) is 5.39 Å². The summed E-state index contributed by atoms with van der Waals surface area (Å²) in [4.78, 5) is 10.9. The summed E-state index contributed by atoms with van der Waals surface area (Å²) in [6.07, 6.45) is 0. The minimum atomic E-state index is 0.0401. The molecule has 0 N–H and O–H groups in total. The Labute approximate surface area is 68.0 Å². The Kier molecular flexibility index (Phi) is 1.20. The van der Waals surface area contributed by atoms with E-state index in [-0.39, 0.29) is 5.43 Å². The van der Waals surface area contributed by atoms with E-state index in [1.807, 2.05) is 0 Å². The Balaban J connectivity index is 2.75. The van der Waals surface area contributed by atoms with Gasteiger partial charge in [-0.25, -0.2) is 0 Å². The molecule has 2 rings (SSSR count). The molecule has 2 nitrogen and oxygen atoms in total. The molecule has 3 heteroatoms. The topological polar surface area (TPSA) is 26.3 Å². The molecule has 0 unspecified atom stereocenters. The van der Waals surface area contributed by atoms with Crippen molar-refractivity contribution in [1.82, 2.24) is 0 Å². The number of hydrogen-bond donors (Lipinski definition) is 0. The third-order valence-corrected chi connectivity index (χ3v) is 2.11. The van der Waals surface area contributed by atoms with Gasteiger partial charge in [-0.1, -0.05) is 11.6 Å². The van der Waals surface area contributed by atoms with Crippen molar-refractivity contribution in [2.75, 3.05) is 7.11 Å². The largest absolute Gasteiger partial charge is 0.495 e. The van der Waals surface area contributed by atoms with Gasteiger partial charge in [-0.2, -0.15) is 0 Å². The first-order valence-corrected chi connectivity index (χ1v) is 3.54. The fourth-order valence-electron chi connectivity index (χ4n) is 1.07. The highest BCUT2D eigenvalue weighted by molar-refractivity contribution is 6.38. The molecule has 0 atom stereocenters. The van der Waals surface area contributed by atoms with E-state index in [0.29, 0.717) is 16.2 Å². The van der Waals surface area contributed by atoms with E-state index in [1.165, 1.54) is 7.11 Å². The molecule has 11 heavy (non-hydrogen) atoms. The first kappa shape index (κ1) is 6.68. The molecular formula is C8H5ClO2. The molecule has 0 aliphatic heterocycles. The maximum Gasteiger partial charge on any atom is 0.196 e. The predicted octanol–water partition coefficient (Wildman–Crippen LogP) is 1.74. The Hall–Kier alpha value is -1.02. The Bertz CT molecular complexity index is 424. The molecule has 0 bridgehead atoms. The van der Waals surface area contributed by atoms with Crippen LogP contribution in [0.15, 0.2) is 16.9 Å². The molecule has 0 fully saturated rings. The average Bonchev–Trinajstić information content (AvgIpc) is 2.64. The highest BCUT2D eigenvalue weighted by Gasteiger charge is 2.18. The lowest BCUT2D eigenvalue weighted by Gasteiger charge is -1.97. The third kappa shape index (κ3) is 0.761. The molecule has 0 aliphatic rings. The first-order chi connectivity index (χ1) is 5.25. The van der Waals surface area contributed by atoms with Gasteiger partial charge in [-0.3, -0.25) is 4.79 Å². The van der Waals surface area contributed by atoms with Gasteiger partial charge in [-0.15, -0.1) is 0 Å². The number of rotatable bonds is 1. The van der Waals surface area contributed by atoms with Crippen molar-refractivity contribution in [3.63, 3.8) is 0 Å². The molecule has 0 amide bonds. The van der Waals surface area contributed by atoms with Gasteiger partial charge in [0, 0.05) is 5.39 Å². The van der Waals surface area contributed by atoms with Gasteiger partial charge in [-0.05, 0) is 12.1 Å². The maximum absolute atomic E-state index is 10.9. The third-order valence-electron chi connectivity index (χ3n) is 1.74. The van der Waals surface area contributed by atoms with Crippen LogP contribution in [0.4, 0.5) is 0 Å². The van der Waals surface area contributed by atoms with E-state index >= 15 is 0 Å². The molecule has 56 valence electrons. The van der Waals surface area contributed by atoms with Crippen molar-refractivity contribution in [2.24, 2.45) is 0 Å². The number of fused-ring (bicyclic) bond motifs is 1. The SMILES string of the molecule is COc1ccc2c(=O)c2c1Cl. The van der Waals surface area contributed by atoms with Crippen molar-refractivity contribution < 1.29 is 4.74 Å². The smallest absolute Gasteiger partial charge is 0.196 e. The van der Waals surface area contributed by atoms with E-state index in [1.54, 1.807) is 12.1 Å². The van der Waals surface area contributed by atoms with Crippen LogP contribution in [0, 0.1) is 0 Å². The minimum absolute atomic E-state index is 0.0401. The molecule has 0 aliphatic carbocycles. The number of benzene rings is 1. The number of halogens is 1. The van der Waals surface area contributed by atoms with Gasteiger partial charge in [0.15, 0.2) is 5.43 Å². The van der Waals surface area contributed by atoms with Gasteiger partial charge < -0.3 is 4.74 Å².